The summed E-state index contributed by atoms with van der Waals surface area (Å²) in [6.07, 6.45) is 5.49. The highest BCUT2D eigenvalue weighted by Crippen LogP contribution is 2.04. The number of nitrogen functional groups attached to an aromatic ring is 1. The molecule has 0 spiro atoms. The monoisotopic (exact) mass is 234 g/mol. The normalized spacial score (nSPS) is 10.4. The summed E-state index contributed by atoms with van der Waals surface area (Å²) in [5.74, 6) is 0.443. The van der Waals surface area contributed by atoms with Crippen molar-refractivity contribution in [3.63, 3.8) is 0 Å². The third-order valence-electron chi connectivity index (χ3n) is 2.35. The van der Waals surface area contributed by atoms with Crippen LogP contribution in [-0.2, 0) is 17.9 Å². The minimum absolute atomic E-state index is 0.0406. The fraction of sp³-hybridized carbons (Fsp3) is 0.300. The smallest absolute Gasteiger partial charge is 0.222 e. The number of nitrogens with zero attached hydrogens (tertiary/aromatic N) is 3. The van der Waals surface area contributed by atoms with E-state index in [0.717, 1.165) is 5.56 Å². The highest BCUT2D eigenvalue weighted by atomic mass is 16.1. The molecular weight excluding hydrogens is 220 g/mol. The van der Waals surface area contributed by atoms with Crippen LogP contribution in [0.2, 0.25) is 0 Å². The number of rotatable bonds is 5. The number of amides is 1. The minimum Gasteiger partial charge on any atom is -0.384 e. The lowest BCUT2D eigenvalue weighted by molar-refractivity contribution is -0.121. The molecule has 7 heteroatoms. The summed E-state index contributed by atoms with van der Waals surface area (Å²) in [5.41, 5.74) is 6.38. The lowest BCUT2D eigenvalue weighted by Gasteiger charge is -2.04. The standard InChI is InChI=1S/C10H14N6O/c11-10-8(7-13-15-10)6-12-9(17)2-5-16-4-1-3-14-16/h1,3-4,7H,2,5-6H2,(H,12,17)(H3,11,13,15). The van der Waals surface area contributed by atoms with Crippen LogP contribution < -0.4 is 11.1 Å². The Morgan fingerprint density at radius 3 is 3.12 bits per heavy atom. The first-order valence-corrected chi connectivity index (χ1v) is 5.27. The number of H-pyrrole nitrogens is 1. The molecule has 0 unspecified atom stereocenters. The quantitative estimate of drug-likeness (QED) is 0.672. The van der Waals surface area contributed by atoms with Gasteiger partial charge in [-0.05, 0) is 6.07 Å². The maximum Gasteiger partial charge on any atom is 0.222 e. The molecule has 2 heterocycles. The van der Waals surface area contributed by atoms with E-state index in [1.165, 1.54) is 0 Å². The first kappa shape index (κ1) is 11.2. The van der Waals surface area contributed by atoms with E-state index in [1.54, 1.807) is 17.1 Å². The lowest BCUT2D eigenvalue weighted by Crippen LogP contribution is -2.24. The average molecular weight is 234 g/mol. The van der Waals surface area contributed by atoms with Crippen LogP contribution in [0.15, 0.2) is 24.7 Å². The van der Waals surface area contributed by atoms with Gasteiger partial charge in [-0.1, -0.05) is 0 Å². The molecule has 2 rings (SSSR count). The molecule has 0 saturated carbocycles. The topological polar surface area (TPSA) is 102 Å². The molecule has 1 amide bonds. The fourth-order valence-electron chi connectivity index (χ4n) is 1.39. The van der Waals surface area contributed by atoms with Crippen LogP contribution in [0.5, 0.6) is 0 Å². The number of aromatic nitrogens is 4. The number of carbonyl (C=O) groups is 1. The van der Waals surface area contributed by atoms with Crippen LogP contribution in [0, 0.1) is 0 Å². The minimum atomic E-state index is -0.0406. The first-order chi connectivity index (χ1) is 8.25. The summed E-state index contributed by atoms with van der Waals surface area (Å²) < 4.78 is 1.71. The zero-order valence-electron chi connectivity index (χ0n) is 9.26. The summed E-state index contributed by atoms with van der Waals surface area (Å²) in [6, 6.07) is 1.82. The Morgan fingerprint density at radius 2 is 2.47 bits per heavy atom. The molecule has 17 heavy (non-hydrogen) atoms. The van der Waals surface area contributed by atoms with Crippen LogP contribution >= 0.6 is 0 Å². The van der Waals surface area contributed by atoms with Gasteiger partial charge in [0.2, 0.25) is 5.91 Å². The maximum absolute atomic E-state index is 11.5. The third-order valence-corrected chi connectivity index (χ3v) is 2.35. The van der Waals surface area contributed by atoms with Crippen molar-refractivity contribution in [2.45, 2.75) is 19.5 Å². The van der Waals surface area contributed by atoms with Gasteiger partial charge in [0.1, 0.15) is 5.82 Å². The molecule has 7 nitrogen and oxygen atoms in total. The zero-order chi connectivity index (χ0) is 12.1. The number of nitrogens with two attached hydrogens (primary N) is 1. The molecule has 0 saturated heterocycles. The van der Waals surface area contributed by atoms with Gasteiger partial charge in [0.15, 0.2) is 0 Å². The number of aryl methyl sites for hydroxylation is 1. The molecule has 0 bridgehead atoms. The number of hydrogen-bond acceptors (Lipinski definition) is 4. The number of nitrogens with one attached hydrogen (secondary N) is 2. The molecule has 0 aliphatic carbocycles. The van der Waals surface area contributed by atoms with E-state index in [9.17, 15) is 4.79 Å². The second kappa shape index (κ2) is 5.15. The van der Waals surface area contributed by atoms with E-state index in [1.807, 2.05) is 12.3 Å². The van der Waals surface area contributed by atoms with Crippen LogP contribution in [0.1, 0.15) is 12.0 Å². The summed E-state index contributed by atoms with van der Waals surface area (Å²) >= 11 is 0. The zero-order valence-corrected chi connectivity index (χ0v) is 9.26. The molecule has 2 aromatic rings. The van der Waals surface area contributed by atoms with Gasteiger partial charge in [0.25, 0.3) is 0 Å². The molecule has 0 radical (unpaired) electrons. The van der Waals surface area contributed by atoms with E-state index in [-0.39, 0.29) is 5.91 Å². The number of aromatic amines is 1. The summed E-state index contributed by atoms with van der Waals surface area (Å²) in [7, 11) is 0. The Bertz CT molecular complexity index is 475. The molecule has 0 aromatic carbocycles. The number of carbonyl (C=O) groups excluding carboxylic acids is 1. The first-order valence-electron chi connectivity index (χ1n) is 5.27. The largest absolute Gasteiger partial charge is 0.384 e. The van der Waals surface area contributed by atoms with E-state index < -0.39 is 0 Å². The van der Waals surface area contributed by atoms with Crippen molar-refractivity contribution >= 4 is 11.7 Å². The predicted octanol–water partition coefficient (Wildman–Crippen LogP) is -0.105. The van der Waals surface area contributed by atoms with Gasteiger partial charge >= 0.3 is 0 Å². The summed E-state index contributed by atoms with van der Waals surface area (Å²) in [4.78, 5) is 11.5. The van der Waals surface area contributed by atoms with Gasteiger partial charge in [-0.3, -0.25) is 14.6 Å². The molecule has 2 aromatic heterocycles. The molecule has 0 fully saturated rings. The molecular formula is C10H14N6O. The Kier molecular flexibility index (Phi) is 3.39. The molecule has 90 valence electrons. The van der Waals surface area contributed by atoms with E-state index in [2.05, 4.69) is 20.6 Å². The third kappa shape index (κ3) is 3.07. The maximum atomic E-state index is 11.5. The number of hydrogen-bond donors (Lipinski definition) is 3. The second-order valence-corrected chi connectivity index (χ2v) is 3.60. The van der Waals surface area contributed by atoms with Gasteiger partial charge in [-0.25, -0.2) is 0 Å². The van der Waals surface area contributed by atoms with E-state index >= 15 is 0 Å². The molecule has 0 atom stereocenters. The van der Waals surface area contributed by atoms with Crippen LogP contribution in [-0.4, -0.2) is 25.9 Å². The van der Waals surface area contributed by atoms with Crippen LogP contribution in [0.4, 0.5) is 5.82 Å². The SMILES string of the molecule is Nc1[nH]ncc1CNC(=O)CCn1cccn1. The highest BCUT2D eigenvalue weighted by molar-refractivity contribution is 5.75. The van der Waals surface area contributed by atoms with Gasteiger partial charge in [0.05, 0.1) is 6.20 Å². The molecule has 4 N–H and O–H groups in total. The summed E-state index contributed by atoms with van der Waals surface area (Å²) in [6.45, 7) is 0.958. The lowest BCUT2D eigenvalue weighted by atomic mass is 10.3. The Labute approximate surface area is 98.0 Å². The average Bonchev–Trinajstić information content (AvgIpc) is 2.95. The number of anilines is 1. The van der Waals surface area contributed by atoms with Gasteiger partial charge in [0, 0.05) is 37.5 Å². The van der Waals surface area contributed by atoms with Crippen LogP contribution in [0.3, 0.4) is 0 Å². The van der Waals surface area contributed by atoms with Gasteiger partial charge < -0.3 is 11.1 Å². The van der Waals surface area contributed by atoms with Crippen LogP contribution in [0.25, 0.3) is 0 Å². The molecule has 0 aliphatic heterocycles. The Hall–Kier alpha value is -2.31. The van der Waals surface area contributed by atoms with Gasteiger partial charge in [-0.15, -0.1) is 0 Å². The summed E-state index contributed by atoms with van der Waals surface area (Å²) in [5, 5.41) is 13.2. The van der Waals surface area contributed by atoms with Crippen molar-refractivity contribution in [1.29, 1.82) is 0 Å². The second-order valence-electron chi connectivity index (χ2n) is 3.60. The Balaban J connectivity index is 1.73. The van der Waals surface area contributed by atoms with Crippen molar-refractivity contribution in [2.75, 3.05) is 5.73 Å². The van der Waals surface area contributed by atoms with Crippen molar-refractivity contribution < 1.29 is 4.79 Å². The molecule has 0 aliphatic rings. The predicted molar refractivity (Wildman–Crippen MR) is 61.7 cm³/mol. The van der Waals surface area contributed by atoms with E-state index in [4.69, 9.17) is 5.73 Å². The highest BCUT2D eigenvalue weighted by Gasteiger charge is 2.05. The Morgan fingerprint density at radius 1 is 1.59 bits per heavy atom. The van der Waals surface area contributed by atoms with Crippen molar-refractivity contribution in [3.8, 4) is 0 Å². The fourth-order valence-corrected chi connectivity index (χ4v) is 1.39. The van der Waals surface area contributed by atoms with Crippen molar-refractivity contribution in [3.05, 3.63) is 30.2 Å². The van der Waals surface area contributed by atoms with Gasteiger partial charge in [-0.2, -0.15) is 10.2 Å². The van der Waals surface area contributed by atoms with E-state index in [0.29, 0.717) is 25.3 Å². The van der Waals surface area contributed by atoms with Crippen molar-refractivity contribution in [2.24, 2.45) is 0 Å². The van der Waals surface area contributed by atoms with Crippen molar-refractivity contribution in [1.82, 2.24) is 25.3 Å².